The van der Waals surface area contributed by atoms with Gasteiger partial charge in [-0.25, -0.2) is 34.7 Å². The Morgan fingerprint density at radius 1 is 0.678 bits per heavy atom. The molecule has 0 unspecified atom stereocenters. The Labute approximate surface area is 328 Å². The first-order valence-electron chi connectivity index (χ1n) is 17.3. The van der Waals surface area contributed by atoms with Crippen LogP contribution in [0.5, 0.6) is 17.2 Å². The number of aromatic nitrogens is 7. The van der Waals surface area contributed by atoms with Crippen molar-refractivity contribution >= 4 is 17.2 Å². The van der Waals surface area contributed by atoms with Crippen LogP contribution in [-0.4, -0.2) is 64.9 Å². The maximum atomic E-state index is 12.3. The van der Waals surface area contributed by atoms with Crippen molar-refractivity contribution in [3.63, 3.8) is 0 Å². The number of nitrogens with zero attached hydrogens (tertiary/aromatic N) is 7. The third-order valence-corrected chi connectivity index (χ3v) is 7.99. The lowest BCUT2D eigenvalue weighted by molar-refractivity contribution is -0.275. The van der Waals surface area contributed by atoms with Crippen molar-refractivity contribution in [3.05, 3.63) is 138 Å². The highest BCUT2D eigenvalue weighted by atomic mass is 19.4. The molecule has 5 aromatic heterocycles. The molecule has 0 atom stereocenters. The van der Waals surface area contributed by atoms with E-state index >= 15 is 0 Å². The van der Waals surface area contributed by atoms with Crippen LogP contribution in [0.3, 0.4) is 0 Å². The molecule has 1 aliphatic heterocycles. The molecule has 0 aliphatic carbocycles. The minimum absolute atomic E-state index is 0.0957. The highest BCUT2D eigenvalue weighted by molar-refractivity contribution is 5.80. The van der Waals surface area contributed by atoms with Gasteiger partial charge in [-0.2, -0.15) is 0 Å². The number of pyridine rings is 2. The Kier molecular flexibility index (Phi) is 12.9. The van der Waals surface area contributed by atoms with Crippen LogP contribution in [0.1, 0.15) is 17.1 Å². The van der Waals surface area contributed by atoms with Crippen LogP contribution in [0.25, 0.3) is 33.7 Å². The molecule has 8 rings (SSSR count). The first-order chi connectivity index (χ1) is 28.2. The van der Waals surface area contributed by atoms with Crippen LogP contribution in [0.2, 0.25) is 0 Å². The second-order valence-corrected chi connectivity index (χ2v) is 12.1. The normalized spacial score (nSPS) is 12.1. The molecule has 304 valence electrons. The van der Waals surface area contributed by atoms with Crippen molar-refractivity contribution in [2.24, 2.45) is 0 Å². The van der Waals surface area contributed by atoms with Gasteiger partial charge in [0.15, 0.2) is 17.0 Å². The van der Waals surface area contributed by atoms with Gasteiger partial charge in [-0.1, -0.05) is 0 Å². The van der Waals surface area contributed by atoms with E-state index in [0.29, 0.717) is 64.6 Å². The quantitative estimate of drug-likeness (QED) is 0.120. The van der Waals surface area contributed by atoms with Gasteiger partial charge in [0.1, 0.15) is 24.2 Å². The lowest BCUT2D eigenvalue weighted by Gasteiger charge is -2.09. The number of aliphatic hydroxyl groups is 1. The van der Waals surface area contributed by atoms with Gasteiger partial charge >= 0.3 is 24.5 Å². The van der Waals surface area contributed by atoms with E-state index in [1.54, 1.807) is 48.8 Å². The van der Waals surface area contributed by atoms with Crippen LogP contribution in [0.15, 0.2) is 119 Å². The molecule has 0 radical (unpaired) electrons. The third kappa shape index (κ3) is 11.9. The van der Waals surface area contributed by atoms with E-state index in [1.807, 2.05) is 0 Å². The molecule has 6 heterocycles. The van der Waals surface area contributed by atoms with E-state index in [2.05, 4.69) is 39.4 Å². The average Bonchev–Trinajstić information content (AvgIpc) is 3.74. The second kappa shape index (κ2) is 18.4. The number of oxazole rings is 1. The number of fused-ring (bicyclic) bond motifs is 2. The fourth-order valence-electron chi connectivity index (χ4n) is 5.39. The molecule has 20 heteroatoms. The summed E-state index contributed by atoms with van der Waals surface area (Å²) in [5.41, 5.74) is 5.04. The maximum absolute atomic E-state index is 12.3. The van der Waals surface area contributed by atoms with Crippen LogP contribution >= 0.6 is 0 Å². The molecule has 14 nitrogen and oxygen atoms in total. The molecule has 0 fully saturated rings. The molecule has 59 heavy (non-hydrogen) atoms. The summed E-state index contributed by atoms with van der Waals surface area (Å²) >= 11 is 0. The predicted molar refractivity (Wildman–Crippen MR) is 195 cm³/mol. The van der Waals surface area contributed by atoms with E-state index in [4.69, 9.17) is 14.3 Å². The number of alkyl halides is 6. The van der Waals surface area contributed by atoms with Crippen molar-refractivity contribution in [1.29, 1.82) is 0 Å². The minimum Gasteiger partial charge on any atom is -0.424 e. The lowest BCUT2D eigenvalue weighted by Crippen LogP contribution is -2.17. The number of esters is 1. The first-order valence-corrected chi connectivity index (χ1v) is 17.3. The number of rotatable bonds is 9. The Morgan fingerprint density at radius 3 is 1.75 bits per heavy atom. The number of carbonyl (C=O) groups is 1. The van der Waals surface area contributed by atoms with Gasteiger partial charge < -0.3 is 23.7 Å². The van der Waals surface area contributed by atoms with Gasteiger partial charge in [-0.05, 0) is 84.9 Å². The summed E-state index contributed by atoms with van der Waals surface area (Å²) in [5, 5.41) is 8.46. The molecule has 0 saturated heterocycles. The molecule has 2 aromatic carbocycles. The van der Waals surface area contributed by atoms with Crippen LogP contribution in [-0.2, 0) is 30.6 Å². The number of halogens is 6. The fourth-order valence-corrected chi connectivity index (χ4v) is 5.39. The zero-order valence-corrected chi connectivity index (χ0v) is 30.2. The Hall–Kier alpha value is -7.22. The van der Waals surface area contributed by atoms with Gasteiger partial charge in [0.25, 0.3) is 0 Å². The summed E-state index contributed by atoms with van der Waals surface area (Å²) in [6.45, 7) is 0.453. The van der Waals surface area contributed by atoms with Crippen LogP contribution < -0.4 is 20.0 Å². The highest BCUT2D eigenvalue weighted by Crippen LogP contribution is 2.30. The van der Waals surface area contributed by atoms with E-state index in [9.17, 15) is 35.9 Å². The number of carbonyl (C=O) groups excluding carboxylic acids is 1. The number of benzene rings is 2. The Morgan fingerprint density at radius 2 is 1.22 bits per heavy atom. The van der Waals surface area contributed by atoms with Gasteiger partial charge in [0.05, 0.1) is 23.5 Å². The molecular weight excluding hydrogens is 792 g/mol. The summed E-state index contributed by atoms with van der Waals surface area (Å²) in [7, 11) is 0. The zero-order valence-electron chi connectivity index (χ0n) is 30.2. The molecule has 7 aromatic rings. The molecule has 0 saturated carbocycles. The third-order valence-electron chi connectivity index (χ3n) is 7.99. The summed E-state index contributed by atoms with van der Waals surface area (Å²) in [5.74, 6) is -1.13. The first kappa shape index (κ1) is 41.4. The SMILES string of the molecule is O=C1Cc2nc(-c3ccc(OC(F)(F)F)cc3)ccc2O1.O=c1oc2ccc(-c3ccc(OC(F)(F)F)cc3)nc2n1CCc1ccncn1.OCCc1ccncn1. The van der Waals surface area contributed by atoms with Crippen molar-refractivity contribution in [2.75, 3.05) is 6.61 Å². The largest absolute Gasteiger partial charge is 0.573 e. The predicted octanol–water partition coefficient (Wildman–Crippen LogP) is 6.71. The number of hydrogen-bond acceptors (Lipinski definition) is 13. The minimum atomic E-state index is -4.75. The van der Waals surface area contributed by atoms with Gasteiger partial charge in [0, 0.05) is 60.9 Å². The molecule has 0 amide bonds. The molecular formula is C39H29F6N7O7. The standard InChI is InChI=1S/C19H13F3N4O3.C14H8F3NO3.C6H8N2O/c20-19(21,22)29-14-3-1-12(2-4-14)15-5-6-16-17(25-15)26(18(27)28-16)10-8-13-7-9-23-11-24-13;15-14(16,17)21-9-3-1-8(2-4-9)10-5-6-12-11(18-10)7-13(19)20-12;9-4-2-6-1-3-7-5-8-6/h1-7,9,11H,8,10H2;1-6H,7H2;1,3,5,9H,2,4H2. The number of aliphatic hydroxyl groups excluding tert-OH is 1. The van der Waals surface area contributed by atoms with Crippen LogP contribution in [0, 0.1) is 0 Å². The summed E-state index contributed by atoms with van der Waals surface area (Å²) < 4.78 is 92.3. The molecule has 1 N–H and O–H groups in total. The average molecular weight is 822 g/mol. The number of hydrogen-bond donors (Lipinski definition) is 1. The van der Waals surface area contributed by atoms with E-state index in [-0.39, 0.29) is 30.5 Å². The topological polar surface area (TPSA) is 177 Å². The summed E-state index contributed by atoms with van der Waals surface area (Å²) in [6, 6.07) is 20.7. The zero-order chi connectivity index (χ0) is 42.0. The monoisotopic (exact) mass is 821 g/mol. The number of ether oxygens (including phenoxy) is 3. The van der Waals surface area contributed by atoms with E-state index < -0.39 is 18.5 Å². The van der Waals surface area contributed by atoms with Crippen molar-refractivity contribution in [2.45, 2.75) is 38.5 Å². The fraction of sp³-hybridized carbons (Fsp3) is 0.179. The summed E-state index contributed by atoms with van der Waals surface area (Å²) in [4.78, 5) is 47.6. The Balaban J connectivity index is 0.000000169. The van der Waals surface area contributed by atoms with Gasteiger partial charge in [0.2, 0.25) is 0 Å². The number of aryl methyl sites for hydroxylation is 2. The second-order valence-electron chi connectivity index (χ2n) is 12.1. The molecule has 0 spiro atoms. The molecule has 1 aliphatic rings. The van der Waals surface area contributed by atoms with Gasteiger partial charge in [-0.3, -0.25) is 9.36 Å². The van der Waals surface area contributed by atoms with Crippen LogP contribution in [0.4, 0.5) is 26.3 Å². The van der Waals surface area contributed by atoms with Gasteiger partial charge in [-0.15, -0.1) is 26.3 Å². The van der Waals surface area contributed by atoms with Crippen molar-refractivity contribution < 1.29 is 54.9 Å². The van der Waals surface area contributed by atoms with Crippen molar-refractivity contribution in [3.8, 4) is 39.8 Å². The molecule has 0 bridgehead atoms. The van der Waals surface area contributed by atoms with E-state index in [1.165, 1.54) is 65.8 Å². The Bertz CT molecular complexity index is 2540. The highest BCUT2D eigenvalue weighted by Gasteiger charge is 2.32. The summed E-state index contributed by atoms with van der Waals surface area (Å²) in [6.07, 6.45) is -2.11. The lowest BCUT2D eigenvalue weighted by atomic mass is 10.1. The maximum Gasteiger partial charge on any atom is 0.573 e. The smallest absolute Gasteiger partial charge is 0.424 e. The van der Waals surface area contributed by atoms with E-state index in [0.717, 1.165) is 11.4 Å². The van der Waals surface area contributed by atoms with Crippen molar-refractivity contribution in [1.82, 2.24) is 34.5 Å².